The molecule has 0 bridgehead atoms. The van der Waals surface area contributed by atoms with Gasteiger partial charge < -0.3 is 9.64 Å². The van der Waals surface area contributed by atoms with Crippen molar-refractivity contribution in [3.63, 3.8) is 0 Å². The first-order chi connectivity index (χ1) is 8.75. The third kappa shape index (κ3) is 2.04. The molecule has 0 N–H and O–H groups in total. The zero-order chi connectivity index (χ0) is 12.5. The number of halogens is 1. The summed E-state index contributed by atoms with van der Waals surface area (Å²) in [6.45, 7) is 1.08. The van der Waals surface area contributed by atoms with Crippen molar-refractivity contribution in [1.82, 2.24) is 4.90 Å². The van der Waals surface area contributed by atoms with E-state index in [1.54, 1.807) is 0 Å². The summed E-state index contributed by atoms with van der Waals surface area (Å²) < 4.78 is 5.59. The molecule has 0 radical (unpaired) electrons. The second kappa shape index (κ2) is 4.75. The van der Waals surface area contributed by atoms with Gasteiger partial charge in [-0.2, -0.15) is 0 Å². The molecule has 2 aliphatic rings. The number of allylic oxidation sites excluding steroid dienone is 1. The van der Waals surface area contributed by atoms with E-state index in [0.29, 0.717) is 24.7 Å². The fourth-order valence-electron chi connectivity index (χ4n) is 2.52. The summed E-state index contributed by atoms with van der Waals surface area (Å²) in [5.41, 5.74) is 2.07. The first-order valence-electron chi connectivity index (χ1n) is 6.10. The van der Waals surface area contributed by atoms with Gasteiger partial charge in [0.2, 0.25) is 5.91 Å². The number of morpholine rings is 1. The van der Waals surface area contributed by atoms with Gasteiger partial charge in [-0.05, 0) is 24.1 Å². The van der Waals surface area contributed by atoms with E-state index in [1.165, 1.54) is 0 Å². The van der Waals surface area contributed by atoms with Crippen LogP contribution in [-0.4, -0.2) is 24.0 Å². The summed E-state index contributed by atoms with van der Waals surface area (Å²) in [6.07, 6.45) is 3.51. The molecule has 0 saturated carbocycles. The van der Waals surface area contributed by atoms with Gasteiger partial charge in [0.1, 0.15) is 0 Å². The summed E-state index contributed by atoms with van der Waals surface area (Å²) in [7, 11) is 0. The Labute approximate surface area is 111 Å². The van der Waals surface area contributed by atoms with Gasteiger partial charge in [0.05, 0.1) is 19.3 Å². The van der Waals surface area contributed by atoms with Crippen molar-refractivity contribution in [3.8, 4) is 0 Å². The highest BCUT2D eigenvalue weighted by Gasteiger charge is 2.33. The fraction of sp³-hybridized carbons (Fsp3) is 0.357. The van der Waals surface area contributed by atoms with Gasteiger partial charge >= 0.3 is 0 Å². The van der Waals surface area contributed by atoms with Crippen molar-refractivity contribution in [2.45, 2.75) is 18.9 Å². The zero-order valence-electron chi connectivity index (χ0n) is 9.93. The van der Waals surface area contributed by atoms with Crippen LogP contribution in [0, 0.1) is 0 Å². The predicted molar refractivity (Wildman–Crippen MR) is 69.2 cm³/mol. The molecule has 1 saturated heterocycles. The summed E-state index contributed by atoms with van der Waals surface area (Å²) in [6, 6.07) is 7.60. The smallest absolute Gasteiger partial charge is 0.227 e. The van der Waals surface area contributed by atoms with E-state index in [0.717, 1.165) is 17.7 Å². The lowest BCUT2D eigenvalue weighted by Crippen LogP contribution is -2.43. The molecule has 94 valence electrons. The maximum Gasteiger partial charge on any atom is 0.227 e. The second-order valence-corrected chi connectivity index (χ2v) is 5.02. The molecule has 4 heteroatoms. The van der Waals surface area contributed by atoms with Crippen molar-refractivity contribution >= 4 is 17.5 Å². The number of hydrogen-bond acceptors (Lipinski definition) is 2. The largest absolute Gasteiger partial charge is 0.373 e. The molecule has 0 aromatic heterocycles. The lowest BCUT2D eigenvalue weighted by atomic mass is 10.0. The Morgan fingerprint density at radius 2 is 2.06 bits per heavy atom. The van der Waals surface area contributed by atoms with Crippen LogP contribution in [0.3, 0.4) is 0 Å². The van der Waals surface area contributed by atoms with Gasteiger partial charge in [-0.15, -0.1) is 0 Å². The van der Waals surface area contributed by atoms with Crippen LogP contribution in [0.4, 0.5) is 0 Å². The van der Waals surface area contributed by atoms with E-state index in [1.807, 2.05) is 29.2 Å². The number of rotatable bonds is 1. The highest BCUT2D eigenvalue weighted by atomic mass is 35.5. The van der Waals surface area contributed by atoms with Crippen LogP contribution in [0.1, 0.15) is 24.4 Å². The Morgan fingerprint density at radius 3 is 2.83 bits per heavy atom. The Bertz CT molecular complexity index is 495. The van der Waals surface area contributed by atoms with Crippen molar-refractivity contribution < 1.29 is 9.53 Å². The zero-order valence-corrected chi connectivity index (χ0v) is 10.7. The molecule has 2 heterocycles. The molecular formula is C14H14ClNO2. The van der Waals surface area contributed by atoms with E-state index in [2.05, 4.69) is 6.08 Å². The molecule has 1 atom stereocenters. The average molecular weight is 264 g/mol. The molecule has 0 unspecified atom stereocenters. The molecule has 3 nitrogen and oxygen atoms in total. The van der Waals surface area contributed by atoms with E-state index >= 15 is 0 Å². The van der Waals surface area contributed by atoms with Gasteiger partial charge in [0.15, 0.2) is 0 Å². The van der Waals surface area contributed by atoms with Crippen molar-refractivity contribution in [1.29, 1.82) is 0 Å². The van der Waals surface area contributed by atoms with E-state index in [4.69, 9.17) is 16.3 Å². The number of benzene rings is 1. The highest BCUT2D eigenvalue weighted by molar-refractivity contribution is 6.30. The minimum Gasteiger partial charge on any atom is -0.373 e. The molecule has 1 aromatic carbocycles. The van der Waals surface area contributed by atoms with Gasteiger partial charge in [-0.1, -0.05) is 29.8 Å². The Kier molecular flexibility index (Phi) is 3.10. The van der Waals surface area contributed by atoms with Crippen LogP contribution in [0.25, 0.3) is 0 Å². The highest BCUT2D eigenvalue weighted by Crippen LogP contribution is 2.33. The van der Waals surface area contributed by atoms with Crippen LogP contribution < -0.4 is 0 Å². The molecule has 1 aromatic rings. The minimum atomic E-state index is -0.0185. The Morgan fingerprint density at radius 1 is 1.28 bits per heavy atom. The van der Waals surface area contributed by atoms with Crippen molar-refractivity contribution in [2.24, 2.45) is 0 Å². The number of hydrogen-bond donors (Lipinski definition) is 0. The SMILES string of the molecule is O=C1CCC=C2COC[C@@H](c3ccc(Cl)cc3)N12. The number of fused-ring (bicyclic) bond motifs is 1. The molecule has 2 aliphatic heterocycles. The van der Waals surface area contributed by atoms with Crippen molar-refractivity contribution in [2.75, 3.05) is 13.2 Å². The molecule has 1 fully saturated rings. The summed E-state index contributed by atoms with van der Waals surface area (Å²) in [4.78, 5) is 14.0. The lowest BCUT2D eigenvalue weighted by molar-refractivity contribution is -0.136. The van der Waals surface area contributed by atoms with Gasteiger partial charge in [0, 0.05) is 17.1 Å². The number of nitrogens with zero attached hydrogens (tertiary/aromatic N) is 1. The molecule has 0 spiro atoms. The van der Waals surface area contributed by atoms with E-state index in [9.17, 15) is 4.79 Å². The van der Waals surface area contributed by atoms with E-state index in [-0.39, 0.29) is 11.9 Å². The van der Waals surface area contributed by atoms with E-state index < -0.39 is 0 Å². The van der Waals surface area contributed by atoms with Crippen LogP contribution in [0.5, 0.6) is 0 Å². The predicted octanol–water partition coefficient (Wildman–Crippen LogP) is 2.92. The van der Waals surface area contributed by atoms with Crippen LogP contribution in [-0.2, 0) is 9.53 Å². The number of carbonyl (C=O) groups excluding carboxylic acids is 1. The van der Waals surface area contributed by atoms with Gasteiger partial charge in [-0.25, -0.2) is 0 Å². The fourth-order valence-corrected chi connectivity index (χ4v) is 2.65. The summed E-state index contributed by atoms with van der Waals surface area (Å²) in [5, 5.41) is 0.705. The van der Waals surface area contributed by atoms with Crippen LogP contribution in [0.2, 0.25) is 5.02 Å². The molecule has 3 rings (SSSR count). The summed E-state index contributed by atoms with van der Waals surface area (Å²) >= 11 is 5.89. The quantitative estimate of drug-likeness (QED) is 0.780. The van der Waals surface area contributed by atoms with Gasteiger partial charge in [0.25, 0.3) is 0 Å². The molecule has 0 aliphatic carbocycles. The standard InChI is InChI=1S/C14H14ClNO2/c15-11-6-4-10(5-7-11)13-9-18-8-12-2-1-3-14(17)16(12)13/h2,4-7,13H,1,3,8-9H2/t13-/m0/s1. The topological polar surface area (TPSA) is 29.5 Å². The van der Waals surface area contributed by atoms with Crippen molar-refractivity contribution in [3.05, 3.63) is 46.6 Å². The summed E-state index contributed by atoms with van der Waals surface area (Å²) in [5.74, 6) is 0.191. The number of amides is 1. The monoisotopic (exact) mass is 263 g/mol. The Hall–Kier alpha value is -1.32. The molecule has 1 amide bonds. The third-order valence-corrected chi connectivity index (χ3v) is 3.66. The average Bonchev–Trinajstić information content (AvgIpc) is 2.39. The Balaban J connectivity index is 1.95. The number of ether oxygens (including phenoxy) is 1. The third-order valence-electron chi connectivity index (χ3n) is 3.41. The first-order valence-corrected chi connectivity index (χ1v) is 6.48. The number of carbonyl (C=O) groups is 1. The van der Waals surface area contributed by atoms with Crippen LogP contribution in [0.15, 0.2) is 36.0 Å². The molecule has 18 heavy (non-hydrogen) atoms. The lowest BCUT2D eigenvalue weighted by Gasteiger charge is -2.39. The maximum absolute atomic E-state index is 12.1. The normalized spacial score (nSPS) is 23.6. The maximum atomic E-state index is 12.1. The minimum absolute atomic E-state index is 0.0185. The molecular weight excluding hydrogens is 250 g/mol. The second-order valence-electron chi connectivity index (χ2n) is 4.58. The van der Waals surface area contributed by atoms with Gasteiger partial charge in [-0.3, -0.25) is 4.79 Å². The first kappa shape index (κ1) is 11.8. The van der Waals surface area contributed by atoms with Crippen LogP contribution >= 0.6 is 11.6 Å².